The van der Waals surface area contributed by atoms with Crippen LogP contribution in [0.2, 0.25) is 0 Å². The fourth-order valence-corrected chi connectivity index (χ4v) is 4.95. The van der Waals surface area contributed by atoms with E-state index in [1.807, 2.05) is 13.8 Å². The van der Waals surface area contributed by atoms with E-state index in [0.717, 1.165) is 25.7 Å². The summed E-state index contributed by atoms with van der Waals surface area (Å²) < 4.78 is 5.89. The van der Waals surface area contributed by atoms with Gasteiger partial charge in [-0.15, -0.1) is 0 Å². The quantitative estimate of drug-likeness (QED) is 0.773. The van der Waals surface area contributed by atoms with Crippen LogP contribution in [0.4, 0.5) is 0 Å². The van der Waals surface area contributed by atoms with Crippen LogP contribution in [-0.4, -0.2) is 34.0 Å². The minimum Gasteiger partial charge on any atom is -0.459 e. The van der Waals surface area contributed by atoms with Crippen LogP contribution in [0.5, 0.6) is 0 Å². The van der Waals surface area contributed by atoms with Crippen molar-refractivity contribution in [3.05, 3.63) is 0 Å². The molecular weight excluding hydrogens is 256 g/mol. The molecule has 4 bridgehead atoms. The van der Waals surface area contributed by atoms with Gasteiger partial charge in [-0.3, -0.25) is 4.79 Å². The molecule has 4 nitrogen and oxygen atoms in total. The molecule has 0 aromatic carbocycles. The maximum Gasteiger partial charge on any atom is 0.309 e. The van der Waals surface area contributed by atoms with Gasteiger partial charge in [0, 0.05) is 13.0 Å². The van der Waals surface area contributed by atoms with Crippen molar-refractivity contribution in [2.24, 2.45) is 23.7 Å². The number of esters is 1. The largest absolute Gasteiger partial charge is 0.459 e. The molecule has 4 aliphatic rings. The van der Waals surface area contributed by atoms with E-state index in [1.165, 1.54) is 6.42 Å². The lowest BCUT2D eigenvalue weighted by atomic mass is 9.52. The third kappa shape index (κ3) is 2.37. The number of hydrogen-bond acceptors (Lipinski definition) is 4. The van der Waals surface area contributed by atoms with Gasteiger partial charge in [0.2, 0.25) is 0 Å². The minimum absolute atomic E-state index is 0.00153. The molecule has 4 atom stereocenters. The molecule has 4 saturated carbocycles. The number of carbonyl (C=O) groups is 1. The number of hydrogen-bond donors (Lipinski definition) is 2. The Morgan fingerprint density at radius 1 is 1.25 bits per heavy atom. The van der Waals surface area contributed by atoms with Gasteiger partial charge in [0.1, 0.15) is 5.60 Å². The molecule has 0 saturated heterocycles. The van der Waals surface area contributed by atoms with Gasteiger partial charge >= 0.3 is 5.97 Å². The van der Waals surface area contributed by atoms with Gasteiger partial charge in [-0.25, -0.2) is 0 Å². The minimum atomic E-state index is -0.601. The highest BCUT2D eigenvalue weighted by atomic mass is 16.6. The Hall–Kier alpha value is -0.610. The third-order valence-corrected chi connectivity index (χ3v) is 5.81. The van der Waals surface area contributed by atoms with Crippen molar-refractivity contribution in [1.29, 1.82) is 0 Å². The first-order chi connectivity index (χ1) is 9.35. The molecule has 0 heterocycles. The summed E-state index contributed by atoms with van der Waals surface area (Å²) in [5, 5.41) is 19.8. The van der Waals surface area contributed by atoms with Gasteiger partial charge < -0.3 is 14.9 Å². The van der Waals surface area contributed by atoms with Crippen LogP contribution < -0.4 is 0 Å². The van der Waals surface area contributed by atoms with Crippen LogP contribution in [0, 0.1) is 23.7 Å². The fourth-order valence-electron chi connectivity index (χ4n) is 4.95. The van der Waals surface area contributed by atoms with Crippen LogP contribution in [-0.2, 0) is 9.53 Å². The molecule has 4 aliphatic carbocycles. The summed E-state index contributed by atoms with van der Waals surface area (Å²) in [6.45, 7) is 3.68. The molecule has 4 heteroatoms. The van der Waals surface area contributed by atoms with Crippen molar-refractivity contribution in [2.75, 3.05) is 6.61 Å². The molecule has 0 aromatic rings. The molecular formula is C16H26O4. The maximum absolute atomic E-state index is 12.3. The number of ether oxygens (including phenoxy) is 1. The highest BCUT2D eigenvalue weighted by molar-refractivity contribution is 5.73. The summed E-state index contributed by atoms with van der Waals surface area (Å²) in [7, 11) is 0. The molecule has 0 amide bonds. The van der Waals surface area contributed by atoms with E-state index in [9.17, 15) is 15.0 Å². The number of aliphatic hydroxyl groups excluding tert-OH is 1. The molecule has 4 unspecified atom stereocenters. The molecule has 20 heavy (non-hydrogen) atoms. The third-order valence-electron chi connectivity index (χ3n) is 5.81. The van der Waals surface area contributed by atoms with Gasteiger partial charge in [0.25, 0.3) is 0 Å². The highest BCUT2D eigenvalue weighted by Gasteiger charge is 2.59. The Morgan fingerprint density at radius 3 is 2.35 bits per heavy atom. The SMILES string of the molecule is CC(CO)C(C)C(=O)OC12CC3CC(CC(O)(C3)C1)C2. The van der Waals surface area contributed by atoms with Gasteiger partial charge in [0.05, 0.1) is 11.5 Å². The fraction of sp³-hybridized carbons (Fsp3) is 0.938. The lowest BCUT2D eigenvalue weighted by molar-refractivity contribution is -0.223. The Morgan fingerprint density at radius 2 is 1.85 bits per heavy atom. The van der Waals surface area contributed by atoms with Crippen LogP contribution in [0.1, 0.15) is 52.4 Å². The van der Waals surface area contributed by atoms with Crippen LogP contribution >= 0.6 is 0 Å². The molecule has 0 aliphatic heterocycles. The Balaban J connectivity index is 1.72. The van der Waals surface area contributed by atoms with E-state index in [1.54, 1.807) is 0 Å². The van der Waals surface area contributed by atoms with E-state index >= 15 is 0 Å². The van der Waals surface area contributed by atoms with E-state index < -0.39 is 11.2 Å². The molecule has 4 fully saturated rings. The number of rotatable bonds is 4. The highest BCUT2D eigenvalue weighted by Crippen LogP contribution is 2.59. The summed E-state index contributed by atoms with van der Waals surface area (Å²) >= 11 is 0. The zero-order valence-electron chi connectivity index (χ0n) is 12.5. The summed E-state index contributed by atoms with van der Waals surface area (Å²) in [6, 6.07) is 0. The van der Waals surface area contributed by atoms with Gasteiger partial charge in [-0.2, -0.15) is 0 Å². The second-order valence-corrected chi connectivity index (χ2v) is 7.74. The summed E-state index contributed by atoms with van der Waals surface area (Å²) in [6.07, 6.45) is 5.38. The second kappa shape index (κ2) is 4.70. The zero-order chi connectivity index (χ0) is 14.5. The molecule has 4 rings (SSSR count). The summed E-state index contributed by atoms with van der Waals surface area (Å²) in [5.74, 6) is 0.443. The van der Waals surface area contributed by atoms with Crippen LogP contribution in [0.15, 0.2) is 0 Å². The average molecular weight is 282 g/mol. The van der Waals surface area contributed by atoms with Gasteiger partial charge in [-0.05, 0) is 49.9 Å². The monoisotopic (exact) mass is 282 g/mol. The van der Waals surface area contributed by atoms with E-state index in [0.29, 0.717) is 18.3 Å². The Labute approximate surface area is 120 Å². The van der Waals surface area contributed by atoms with Crippen LogP contribution in [0.3, 0.4) is 0 Å². The van der Waals surface area contributed by atoms with Crippen molar-refractivity contribution in [1.82, 2.24) is 0 Å². The second-order valence-electron chi connectivity index (χ2n) is 7.74. The van der Waals surface area contributed by atoms with E-state index in [-0.39, 0.29) is 24.4 Å². The van der Waals surface area contributed by atoms with Crippen molar-refractivity contribution in [3.63, 3.8) is 0 Å². The molecule has 0 radical (unpaired) electrons. The number of aliphatic hydroxyl groups is 2. The van der Waals surface area contributed by atoms with Gasteiger partial charge in [-0.1, -0.05) is 13.8 Å². The Kier molecular flexibility index (Phi) is 3.37. The topological polar surface area (TPSA) is 66.8 Å². The summed E-state index contributed by atoms with van der Waals surface area (Å²) in [5.41, 5.74) is -1.03. The first-order valence-electron chi connectivity index (χ1n) is 7.91. The number of carbonyl (C=O) groups excluding carboxylic acids is 1. The zero-order valence-corrected chi connectivity index (χ0v) is 12.5. The smallest absolute Gasteiger partial charge is 0.309 e. The molecule has 0 aromatic heterocycles. The first-order valence-corrected chi connectivity index (χ1v) is 7.91. The lowest BCUT2D eigenvalue weighted by Crippen LogP contribution is -2.60. The molecule has 114 valence electrons. The van der Waals surface area contributed by atoms with E-state index in [4.69, 9.17) is 4.74 Å². The van der Waals surface area contributed by atoms with E-state index in [2.05, 4.69) is 0 Å². The standard InChI is InChI=1S/C16H26O4/c1-10(8-17)11(2)14(18)20-16-6-12-3-13(7-16)5-15(19,4-12)9-16/h10-13,17,19H,3-9H2,1-2H3. The van der Waals surface area contributed by atoms with Gasteiger partial charge in [0.15, 0.2) is 0 Å². The molecule has 0 spiro atoms. The molecule has 2 N–H and O–H groups in total. The predicted molar refractivity (Wildman–Crippen MR) is 73.9 cm³/mol. The van der Waals surface area contributed by atoms with Crippen LogP contribution in [0.25, 0.3) is 0 Å². The van der Waals surface area contributed by atoms with Crippen molar-refractivity contribution < 1.29 is 19.7 Å². The Bertz CT molecular complexity index is 391. The maximum atomic E-state index is 12.3. The summed E-state index contributed by atoms with van der Waals surface area (Å²) in [4.78, 5) is 12.3. The average Bonchev–Trinajstić information content (AvgIpc) is 2.33. The van der Waals surface area contributed by atoms with Crippen molar-refractivity contribution in [2.45, 2.75) is 63.6 Å². The normalized spacial score (nSPS) is 45.2. The van der Waals surface area contributed by atoms with Crippen molar-refractivity contribution in [3.8, 4) is 0 Å². The first kappa shape index (κ1) is 14.3. The predicted octanol–water partition coefficient (Wildman–Crippen LogP) is 1.88. The lowest BCUT2D eigenvalue weighted by Gasteiger charge is -2.59. The van der Waals surface area contributed by atoms with Crippen molar-refractivity contribution >= 4 is 5.97 Å².